The van der Waals surface area contributed by atoms with Crippen molar-refractivity contribution in [1.29, 1.82) is 0 Å². The number of aliphatic hydroxyl groups is 2. The number of hydrogen-bond acceptors (Lipinski definition) is 2. The summed E-state index contributed by atoms with van der Waals surface area (Å²) in [5, 5.41) is 18.3. The molecule has 0 aromatic rings. The first-order valence-corrected chi connectivity index (χ1v) is 4.49. The molecular formula is C9H18O2. The van der Waals surface area contributed by atoms with Crippen LogP contribution >= 0.6 is 0 Å². The fraction of sp³-hybridized carbons (Fsp3) is 1.00. The molecule has 0 bridgehead atoms. The Morgan fingerprint density at radius 2 is 2.09 bits per heavy atom. The molecule has 1 aliphatic carbocycles. The van der Waals surface area contributed by atoms with Crippen LogP contribution < -0.4 is 0 Å². The van der Waals surface area contributed by atoms with E-state index in [1.165, 1.54) is 0 Å². The van der Waals surface area contributed by atoms with Crippen molar-refractivity contribution in [3.05, 3.63) is 0 Å². The molecule has 0 amide bonds. The fourth-order valence-corrected chi connectivity index (χ4v) is 1.77. The summed E-state index contributed by atoms with van der Waals surface area (Å²) in [4.78, 5) is 0. The van der Waals surface area contributed by atoms with Gasteiger partial charge in [-0.25, -0.2) is 0 Å². The van der Waals surface area contributed by atoms with Crippen molar-refractivity contribution in [2.45, 2.75) is 32.8 Å². The average Bonchev–Trinajstić information content (AvgIpc) is 2.80. The minimum Gasteiger partial charge on any atom is -0.396 e. The van der Waals surface area contributed by atoms with E-state index in [0.717, 1.165) is 12.8 Å². The zero-order valence-corrected chi connectivity index (χ0v) is 7.33. The Labute approximate surface area is 68.2 Å². The van der Waals surface area contributed by atoms with Crippen molar-refractivity contribution in [3.8, 4) is 0 Å². The van der Waals surface area contributed by atoms with E-state index in [1.54, 1.807) is 0 Å². The van der Waals surface area contributed by atoms with Crippen molar-refractivity contribution in [3.63, 3.8) is 0 Å². The minimum absolute atomic E-state index is 0.131. The summed E-state index contributed by atoms with van der Waals surface area (Å²) in [7, 11) is 0. The van der Waals surface area contributed by atoms with Crippen LogP contribution in [-0.4, -0.2) is 22.9 Å². The lowest BCUT2D eigenvalue weighted by molar-refractivity contribution is 0.128. The lowest BCUT2D eigenvalue weighted by Crippen LogP contribution is -2.13. The molecule has 0 saturated heterocycles. The molecule has 1 saturated carbocycles. The summed E-state index contributed by atoms with van der Waals surface area (Å²) < 4.78 is 0. The molecule has 0 radical (unpaired) electrons. The maximum Gasteiger partial charge on any atom is 0.0568 e. The molecule has 3 unspecified atom stereocenters. The van der Waals surface area contributed by atoms with Gasteiger partial charge in [-0.15, -0.1) is 0 Å². The molecule has 0 aromatic heterocycles. The summed E-state index contributed by atoms with van der Waals surface area (Å²) in [6.07, 6.45) is 1.82. The normalized spacial score (nSPS) is 34.9. The van der Waals surface area contributed by atoms with Crippen LogP contribution in [0.2, 0.25) is 0 Å². The zero-order chi connectivity index (χ0) is 8.43. The lowest BCUT2D eigenvalue weighted by Gasteiger charge is -2.09. The van der Waals surface area contributed by atoms with E-state index in [0.29, 0.717) is 17.8 Å². The van der Waals surface area contributed by atoms with Crippen molar-refractivity contribution >= 4 is 0 Å². The van der Waals surface area contributed by atoms with E-state index in [9.17, 15) is 5.11 Å². The third-order valence-corrected chi connectivity index (χ3v) is 2.82. The van der Waals surface area contributed by atoms with Gasteiger partial charge in [0.25, 0.3) is 0 Å². The van der Waals surface area contributed by atoms with Crippen LogP contribution in [-0.2, 0) is 0 Å². The van der Waals surface area contributed by atoms with Gasteiger partial charge in [0.1, 0.15) is 0 Å². The second-order valence-corrected chi connectivity index (χ2v) is 3.70. The largest absolute Gasteiger partial charge is 0.396 e. The standard InChI is InChI=1S/C9H18O2/c1-3-9(11)8-4-7(8)6(2)5-10/h6-11H,3-5H2,1-2H3/t6?,7-,8?,9?/m1/s1. The molecule has 1 fully saturated rings. The molecule has 2 nitrogen and oxygen atoms in total. The molecule has 0 heterocycles. The Morgan fingerprint density at radius 1 is 1.45 bits per heavy atom. The summed E-state index contributed by atoms with van der Waals surface area (Å²) >= 11 is 0. The van der Waals surface area contributed by atoms with E-state index in [4.69, 9.17) is 5.11 Å². The van der Waals surface area contributed by atoms with Crippen LogP contribution in [0.3, 0.4) is 0 Å². The molecule has 11 heavy (non-hydrogen) atoms. The fourth-order valence-electron chi connectivity index (χ4n) is 1.77. The molecule has 0 spiro atoms. The third-order valence-electron chi connectivity index (χ3n) is 2.82. The highest BCUT2D eigenvalue weighted by atomic mass is 16.3. The first kappa shape index (κ1) is 9.01. The highest BCUT2D eigenvalue weighted by Crippen LogP contribution is 2.46. The summed E-state index contributed by atoms with van der Waals surface area (Å²) in [6.45, 7) is 4.31. The van der Waals surface area contributed by atoms with Crippen LogP contribution in [0.25, 0.3) is 0 Å². The molecule has 0 aliphatic heterocycles. The highest BCUT2D eigenvalue weighted by molar-refractivity contribution is 4.93. The van der Waals surface area contributed by atoms with E-state index in [-0.39, 0.29) is 12.7 Å². The second-order valence-electron chi connectivity index (χ2n) is 3.70. The molecule has 1 aliphatic rings. The van der Waals surface area contributed by atoms with E-state index in [1.807, 2.05) is 13.8 Å². The van der Waals surface area contributed by atoms with Gasteiger partial charge in [0.2, 0.25) is 0 Å². The third kappa shape index (κ3) is 1.94. The quantitative estimate of drug-likeness (QED) is 0.641. The molecule has 66 valence electrons. The number of hydrogen-bond donors (Lipinski definition) is 2. The SMILES string of the molecule is CCC(O)C1C[C@@H]1C(C)CO. The Hall–Kier alpha value is -0.0800. The lowest BCUT2D eigenvalue weighted by atomic mass is 10.0. The molecular weight excluding hydrogens is 140 g/mol. The predicted octanol–water partition coefficient (Wildman–Crippen LogP) is 1.02. The van der Waals surface area contributed by atoms with Gasteiger partial charge in [0, 0.05) is 6.61 Å². The predicted molar refractivity (Wildman–Crippen MR) is 44.1 cm³/mol. The van der Waals surface area contributed by atoms with Crippen molar-refractivity contribution in [1.82, 2.24) is 0 Å². The van der Waals surface area contributed by atoms with Crippen molar-refractivity contribution in [2.24, 2.45) is 17.8 Å². The molecule has 2 N–H and O–H groups in total. The molecule has 4 atom stereocenters. The van der Waals surface area contributed by atoms with Crippen molar-refractivity contribution in [2.75, 3.05) is 6.61 Å². The number of aliphatic hydroxyl groups excluding tert-OH is 2. The zero-order valence-electron chi connectivity index (χ0n) is 7.33. The topological polar surface area (TPSA) is 40.5 Å². The highest BCUT2D eigenvalue weighted by Gasteiger charge is 2.44. The molecule has 0 aromatic carbocycles. The van der Waals surface area contributed by atoms with E-state index >= 15 is 0 Å². The van der Waals surface area contributed by atoms with Crippen LogP contribution in [0.4, 0.5) is 0 Å². The number of rotatable bonds is 4. The van der Waals surface area contributed by atoms with Gasteiger partial charge in [-0.1, -0.05) is 13.8 Å². The second kappa shape index (κ2) is 3.55. The Morgan fingerprint density at radius 3 is 2.55 bits per heavy atom. The van der Waals surface area contributed by atoms with Crippen LogP contribution in [0, 0.1) is 17.8 Å². The monoisotopic (exact) mass is 158 g/mol. The maximum absolute atomic E-state index is 9.43. The summed E-state index contributed by atoms with van der Waals surface area (Å²) in [5.41, 5.74) is 0. The average molecular weight is 158 g/mol. The van der Waals surface area contributed by atoms with Gasteiger partial charge in [0.15, 0.2) is 0 Å². The Kier molecular flexibility index (Phi) is 2.90. The van der Waals surface area contributed by atoms with Gasteiger partial charge in [0.05, 0.1) is 6.10 Å². The minimum atomic E-state index is -0.131. The molecule has 1 rings (SSSR count). The van der Waals surface area contributed by atoms with Gasteiger partial charge in [-0.2, -0.15) is 0 Å². The van der Waals surface area contributed by atoms with Crippen LogP contribution in [0.1, 0.15) is 26.7 Å². The first-order valence-electron chi connectivity index (χ1n) is 4.49. The Balaban J connectivity index is 2.25. The van der Waals surface area contributed by atoms with Gasteiger partial charge in [-0.3, -0.25) is 0 Å². The van der Waals surface area contributed by atoms with E-state index in [2.05, 4.69) is 0 Å². The van der Waals surface area contributed by atoms with Gasteiger partial charge >= 0.3 is 0 Å². The molecule has 2 heteroatoms. The van der Waals surface area contributed by atoms with E-state index < -0.39 is 0 Å². The van der Waals surface area contributed by atoms with Crippen LogP contribution in [0.15, 0.2) is 0 Å². The van der Waals surface area contributed by atoms with Crippen LogP contribution in [0.5, 0.6) is 0 Å². The maximum atomic E-state index is 9.43. The van der Waals surface area contributed by atoms with Gasteiger partial charge in [-0.05, 0) is 30.6 Å². The summed E-state index contributed by atoms with van der Waals surface area (Å²) in [5.74, 6) is 1.43. The summed E-state index contributed by atoms with van der Waals surface area (Å²) in [6, 6.07) is 0. The van der Waals surface area contributed by atoms with Gasteiger partial charge < -0.3 is 10.2 Å². The Bertz CT molecular complexity index is 111. The smallest absolute Gasteiger partial charge is 0.0568 e. The first-order chi connectivity index (χ1) is 5.20. The van der Waals surface area contributed by atoms with Crippen molar-refractivity contribution < 1.29 is 10.2 Å².